The van der Waals surface area contributed by atoms with Gasteiger partial charge in [0.15, 0.2) is 0 Å². The number of hydrogen-bond acceptors (Lipinski definition) is 5. The summed E-state index contributed by atoms with van der Waals surface area (Å²) in [5, 5.41) is 22.4. The number of halogens is 1. The topological polar surface area (TPSA) is 105 Å². The third-order valence-corrected chi connectivity index (χ3v) is 2.73. The van der Waals surface area contributed by atoms with Gasteiger partial charge >= 0.3 is 0 Å². The summed E-state index contributed by atoms with van der Waals surface area (Å²) in [7, 11) is 0. The summed E-state index contributed by atoms with van der Waals surface area (Å²) in [5.41, 5.74) is -0.368. The molecular formula is C12H8ClN3O4. The average Bonchev–Trinajstić information content (AvgIpc) is 2.41. The van der Waals surface area contributed by atoms with E-state index in [2.05, 4.69) is 10.3 Å². The van der Waals surface area contributed by atoms with Crippen LogP contribution in [0.2, 0.25) is 5.15 Å². The summed E-state index contributed by atoms with van der Waals surface area (Å²) < 4.78 is 0. The average molecular weight is 294 g/mol. The number of hydrogen-bond donors (Lipinski definition) is 2. The zero-order chi connectivity index (χ0) is 14.7. The largest absolute Gasteiger partial charge is 0.508 e. The van der Waals surface area contributed by atoms with Crippen LogP contribution in [0, 0.1) is 10.1 Å². The molecule has 0 saturated heterocycles. The number of rotatable bonds is 3. The first-order valence-electron chi connectivity index (χ1n) is 5.38. The van der Waals surface area contributed by atoms with Gasteiger partial charge in [-0.15, -0.1) is 0 Å². The van der Waals surface area contributed by atoms with Crippen LogP contribution in [0.1, 0.15) is 10.4 Å². The number of carbonyl (C=O) groups excluding carboxylic acids is 1. The molecule has 0 aliphatic rings. The highest BCUT2D eigenvalue weighted by molar-refractivity contribution is 6.33. The molecule has 0 aliphatic carbocycles. The number of phenols is 1. The third-order valence-electron chi connectivity index (χ3n) is 2.43. The minimum Gasteiger partial charge on any atom is -0.508 e. The fourth-order valence-corrected chi connectivity index (χ4v) is 1.73. The molecule has 0 atom stereocenters. The fraction of sp³-hybridized carbons (Fsp3) is 0. The monoisotopic (exact) mass is 293 g/mol. The summed E-state index contributed by atoms with van der Waals surface area (Å²) in [6.07, 6.45) is 1.42. The van der Waals surface area contributed by atoms with Crippen LogP contribution in [-0.2, 0) is 0 Å². The number of phenolic OH excluding ortho intramolecular Hbond substituents is 1. The van der Waals surface area contributed by atoms with Crippen molar-refractivity contribution in [1.29, 1.82) is 0 Å². The number of pyridine rings is 1. The number of nitro groups is 1. The first kappa shape index (κ1) is 13.8. The van der Waals surface area contributed by atoms with Crippen molar-refractivity contribution in [3.05, 3.63) is 57.4 Å². The van der Waals surface area contributed by atoms with Gasteiger partial charge in [-0.1, -0.05) is 11.6 Å². The second kappa shape index (κ2) is 5.54. The van der Waals surface area contributed by atoms with Crippen LogP contribution in [0.25, 0.3) is 0 Å². The Morgan fingerprint density at radius 1 is 1.40 bits per heavy atom. The zero-order valence-corrected chi connectivity index (χ0v) is 10.7. The van der Waals surface area contributed by atoms with Crippen LogP contribution in [0.3, 0.4) is 0 Å². The number of aromatic nitrogens is 1. The Hall–Kier alpha value is -2.67. The SMILES string of the molecule is O=C(Nc1ccc(O)cc1[N+](=O)[O-])c1cccnc1Cl. The Bertz CT molecular complexity index is 690. The molecule has 0 radical (unpaired) electrons. The highest BCUT2D eigenvalue weighted by Gasteiger charge is 2.18. The van der Waals surface area contributed by atoms with E-state index in [0.717, 1.165) is 6.07 Å². The van der Waals surface area contributed by atoms with E-state index in [0.29, 0.717) is 0 Å². The minimum atomic E-state index is -0.708. The van der Waals surface area contributed by atoms with Crippen molar-refractivity contribution in [2.75, 3.05) is 5.32 Å². The standard InChI is InChI=1S/C12H8ClN3O4/c13-11-8(2-1-5-14-11)12(18)15-9-4-3-7(17)6-10(9)16(19)20/h1-6,17H,(H,15,18). The molecule has 2 N–H and O–H groups in total. The molecule has 0 bridgehead atoms. The number of benzene rings is 1. The van der Waals surface area contributed by atoms with E-state index < -0.39 is 16.5 Å². The molecule has 2 rings (SSSR count). The molecule has 0 unspecified atom stereocenters. The predicted molar refractivity (Wildman–Crippen MR) is 72.0 cm³/mol. The number of amides is 1. The quantitative estimate of drug-likeness (QED) is 0.391. The number of nitro benzene ring substituents is 1. The van der Waals surface area contributed by atoms with Gasteiger partial charge in [0, 0.05) is 6.20 Å². The van der Waals surface area contributed by atoms with Gasteiger partial charge in [0.1, 0.15) is 16.6 Å². The Kier molecular flexibility index (Phi) is 3.81. The van der Waals surface area contributed by atoms with Gasteiger partial charge in [0.2, 0.25) is 0 Å². The maximum atomic E-state index is 12.0. The van der Waals surface area contributed by atoms with Crippen LogP contribution in [0.15, 0.2) is 36.5 Å². The lowest BCUT2D eigenvalue weighted by Crippen LogP contribution is -2.14. The maximum Gasteiger partial charge on any atom is 0.296 e. The molecule has 1 aromatic heterocycles. The Labute approximate surface area is 118 Å². The highest BCUT2D eigenvalue weighted by Crippen LogP contribution is 2.29. The lowest BCUT2D eigenvalue weighted by molar-refractivity contribution is -0.384. The van der Waals surface area contributed by atoms with E-state index in [9.17, 15) is 20.0 Å². The van der Waals surface area contributed by atoms with Crippen molar-refractivity contribution in [2.24, 2.45) is 0 Å². The van der Waals surface area contributed by atoms with Gasteiger partial charge in [0.05, 0.1) is 16.6 Å². The van der Waals surface area contributed by atoms with Crippen LogP contribution in [0.5, 0.6) is 5.75 Å². The second-order valence-electron chi connectivity index (χ2n) is 3.75. The number of anilines is 1. The Morgan fingerprint density at radius 2 is 2.15 bits per heavy atom. The Morgan fingerprint density at radius 3 is 2.80 bits per heavy atom. The molecule has 0 aliphatic heterocycles. The molecule has 7 nitrogen and oxygen atoms in total. The molecule has 1 heterocycles. The van der Waals surface area contributed by atoms with Crippen molar-refractivity contribution in [3.63, 3.8) is 0 Å². The van der Waals surface area contributed by atoms with E-state index in [4.69, 9.17) is 11.6 Å². The number of nitrogens with one attached hydrogen (secondary N) is 1. The molecule has 0 saturated carbocycles. The van der Waals surface area contributed by atoms with Crippen molar-refractivity contribution in [2.45, 2.75) is 0 Å². The number of carbonyl (C=O) groups is 1. The van der Waals surface area contributed by atoms with Gasteiger partial charge in [-0.05, 0) is 24.3 Å². The maximum absolute atomic E-state index is 12.0. The predicted octanol–water partition coefficient (Wildman–Crippen LogP) is 2.60. The zero-order valence-electron chi connectivity index (χ0n) is 9.91. The first-order chi connectivity index (χ1) is 9.49. The Balaban J connectivity index is 2.33. The van der Waals surface area contributed by atoms with E-state index in [1.807, 2.05) is 0 Å². The minimum absolute atomic E-state index is 0.00793. The molecule has 1 amide bonds. The van der Waals surface area contributed by atoms with Crippen LogP contribution >= 0.6 is 11.6 Å². The van der Waals surface area contributed by atoms with Gasteiger partial charge in [-0.2, -0.15) is 0 Å². The highest BCUT2D eigenvalue weighted by atomic mass is 35.5. The molecule has 20 heavy (non-hydrogen) atoms. The molecule has 2 aromatic rings. The second-order valence-corrected chi connectivity index (χ2v) is 4.11. The van der Waals surface area contributed by atoms with Gasteiger partial charge in [-0.25, -0.2) is 4.98 Å². The van der Waals surface area contributed by atoms with Gasteiger partial charge in [-0.3, -0.25) is 14.9 Å². The lowest BCUT2D eigenvalue weighted by Gasteiger charge is -2.07. The fourth-order valence-electron chi connectivity index (χ4n) is 1.52. The summed E-state index contributed by atoms with van der Waals surface area (Å²) in [4.78, 5) is 25.9. The smallest absolute Gasteiger partial charge is 0.296 e. The van der Waals surface area contributed by atoms with Crippen molar-refractivity contribution >= 4 is 28.9 Å². The van der Waals surface area contributed by atoms with Gasteiger partial charge in [0.25, 0.3) is 11.6 Å². The molecular weight excluding hydrogens is 286 g/mol. The van der Waals surface area contributed by atoms with Crippen molar-refractivity contribution < 1.29 is 14.8 Å². The van der Waals surface area contributed by atoms with Crippen LogP contribution < -0.4 is 5.32 Å². The van der Waals surface area contributed by atoms with Crippen molar-refractivity contribution in [3.8, 4) is 5.75 Å². The first-order valence-corrected chi connectivity index (χ1v) is 5.76. The van der Waals surface area contributed by atoms with E-state index in [1.54, 1.807) is 0 Å². The number of nitrogens with zero attached hydrogens (tertiary/aromatic N) is 2. The molecule has 102 valence electrons. The van der Waals surface area contributed by atoms with E-state index in [1.165, 1.54) is 30.5 Å². The van der Waals surface area contributed by atoms with Crippen molar-refractivity contribution in [1.82, 2.24) is 4.98 Å². The summed E-state index contributed by atoms with van der Waals surface area (Å²) in [5.74, 6) is -0.897. The summed E-state index contributed by atoms with van der Waals surface area (Å²) in [6, 6.07) is 6.37. The van der Waals surface area contributed by atoms with E-state index >= 15 is 0 Å². The molecule has 0 fully saturated rings. The third kappa shape index (κ3) is 2.83. The summed E-state index contributed by atoms with van der Waals surface area (Å²) in [6.45, 7) is 0. The number of aromatic hydroxyl groups is 1. The molecule has 0 spiro atoms. The molecule has 1 aromatic carbocycles. The van der Waals surface area contributed by atoms with Gasteiger partial charge < -0.3 is 10.4 Å². The van der Waals surface area contributed by atoms with E-state index in [-0.39, 0.29) is 22.2 Å². The summed E-state index contributed by atoms with van der Waals surface area (Å²) >= 11 is 5.77. The van der Waals surface area contributed by atoms with Crippen LogP contribution in [0.4, 0.5) is 11.4 Å². The normalized spacial score (nSPS) is 10.1. The lowest BCUT2D eigenvalue weighted by atomic mass is 10.2. The molecule has 8 heteroatoms. The van der Waals surface area contributed by atoms with Crippen LogP contribution in [-0.4, -0.2) is 20.9 Å².